The standard InChI is InChI=1S/C17H17N3O9/c1-9-7-19(16(23)18-15(9)22)14-6-12(13(8-21)28-14)29-17(24)27-11-4-2-10(3-5-11)20(25)26/h2-5,7,12-14,21H,6,8H2,1H3,(H,18,22,23)/t12?,13-,14-/m1/s1. The first-order valence-corrected chi connectivity index (χ1v) is 8.49. The highest BCUT2D eigenvalue weighted by Gasteiger charge is 2.39. The fourth-order valence-electron chi connectivity index (χ4n) is 2.84. The zero-order valence-electron chi connectivity index (χ0n) is 15.1. The van der Waals surface area contributed by atoms with Gasteiger partial charge >= 0.3 is 11.8 Å². The Balaban J connectivity index is 1.68. The Hall–Kier alpha value is -3.51. The van der Waals surface area contributed by atoms with Crippen LogP contribution < -0.4 is 16.0 Å². The van der Waals surface area contributed by atoms with Crippen LogP contribution in [0.3, 0.4) is 0 Å². The molecule has 0 bridgehead atoms. The molecule has 1 aliphatic rings. The van der Waals surface area contributed by atoms with Gasteiger partial charge in [0.25, 0.3) is 11.2 Å². The second kappa shape index (κ2) is 8.24. The molecular formula is C17H17N3O9. The van der Waals surface area contributed by atoms with Gasteiger partial charge in [-0.15, -0.1) is 0 Å². The number of aliphatic hydroxyl groups excluding tert-OH is 1. The van der Waals surface area contributed by atoms with Gasteiger partial charge in [0.1, 0.15) is 24.2 Å². The lowest BCUT2D eigenvalue weighted by molar-refractivity contribution is -0.384. The zero-order valence-corrected chi connectivity index (χ0v) is 15.1. The van der Waals surface area contributed by atoms with Crippen molar-refractivity contribution in [2.45, 2.75) is 31.8 Å². The van der Waals surface area contributed by atoms with Crippen molar-refractivity contribution in [3.63, 3.8) is 0 Å². The van der Waals surface area contributed by atoms with Crippen molar-refractivity contribution in [1.29, 1.82) is 0 Å². The van der Waals surface area contributed by atoms with Crippen molar-refractivity contribution in [3.05, 3.63) is 67.0 Å². The third kappa shape index (κ3) is 4.50. The van der Waals surface area contributed by atoms with Crippen LogP contribution in [-0.2, 0) is 9.47 Å². The number of rotatable bonds is 5. The van der Waals surface area contributed by atoms with Crippen LogP contribution in [0.25, 0.3) is 0 Å². The number of non-ortho nitro benzene ring substituents is 1. The Morgan fingerprint density at radius 3 is 2.69 bits per heavy atom. The van der Waals surface area contributed by atoms with Crippen LogP contribution in [0.1, 0.15) is 18.2 Å². The number of nitrogens with one attached hydrogen (secondary N) is 1. The Kier molecular flexibility index (Phi) is 5.75. The predicted octanol–water partition coefficient (Wildman–Crippen LogP) is 0.617. The van der Waals surface area contributed by atoms with Crippen LogP contribution in [0.5, 0.6) is 5.75 Å². The highest BCUT2D eigenvalue weighted by Crippen LogP contribution is 2.30. The molecule has 0 radical (unpaired) electrons. The summed E-state index contributed by atoms with van der Waals surface area (Å²) < 4.78 is 16.8. The molecular weight excluding hydrogens is 390 g/mol. The summed E-state index contributed by atoms with van der Waals surface area (Å²) in [5.74, 6) is 0.0316. The summed E-state index contributed by atoms with van der Waals surface area (Å²) in [5.41, 5.74) is -1.10. The summed E-state index contributed by atoms with van der Waals surface area (Å²) >= 11 is 0. The number of benzene rings is 1. The Morgan fingerprint density at radius 1 is 1.38 bits per heavy atom. The van der Waals surface area contributed by atoms with E-state index in [-0.39, 0.29) is 23.4 Å². The Bertz CT molecular complexity index is 1030. The largest absolute Gasteiger partial charge is 0.514 e. The number of aliphatic hydroxyl groups is 1. The van der Waals surface area contributed by atoms with Crippen LogP contribution in [0.15, 0.2) is 40.1 Å². The van der Waals surface area contributed by atoms with Gasteiger partial charge in [0.15, 0.2) is 0 Å². The number of aryl methyl sites for hydroxylation is 1. The van der Waals surface area contributed by atoms with Gasteiger partial charge in [-0.1, -0.05) is 0 Å². The van der Waals surface area contributed by atoms with Crippen LogP contribution in [0.2, 0.25) is 0 Å². The summed E-state index contributed by atoms with van der Waals surface area (Å²) in [5, 5.41) is 20.1. The second-order valence-electron chi connectivity index (χ2n) is 6.29. The van der Waals surface area contributed by atoms with E-state index in [1.54, 1.807) is 0 Å². The summed E-state index contributed by atoms with van der Waals surface area (Å²) in [7, 11) is 0. The van der Waals surface area contributed by atoms with Crippen molar-refractivity contribution in [3.8, 4) is 5.75 Å². The maximum Gasteiger partial charge on any atom is 0.514 e. The van der Waals surface area contributed by atoms with Gasteiger partial charge in [0.2, 0.25) is 0 Å². The summed E-state index contributed by atoms with van der Waals surface area (Å²) in [6.45, 7) is 1.03. The highest BCUT2D eigenvalue weighted by molar-refractivity contribution is 5.64. The zero-order chi connectivity index (χ0) is 21.1. The van der Waals surface area contributed by atoms with Crippen molar-refractivity contribution in [2.24, 2.45) is 0 Å². The SMILES string of the molecule is Cc1cn([C@H]2CC(OC(=O)Oc3ccc([N+](=O)[O-])cc3)[C@@H](CO)O2)c(=O)[nH]c1=O. The molecule has 29 heavy (non-hydrogen) atoms. The fourth-order valence-corrected chi connectivity index (χ4v) is 2.84. The lowest BCUT2D eigenvalue weighted by atomic mass is 10.2. The van der Waals surface area contributed by atoms with E-state index in [2.05, 4.69) is 4.98 Å². The van der Waals surface area contributed by atoms with Crippen molar-refractivity contribution < 1.29 is 29.0 Å². The van der Waals surface area contributed by atoms with Gasteiger partial charge in [-0.2, -0.15) is 0 Å². The van der Waals surface area contributed by atoms with Gasteiger partial charge in [0.05, 0.1) is 11.5 Å². The molecule has 0 saturated carbocycles. The van der Waals surface area contributed by atoms with E-state index in [0.29, 0.717) is 0 Å². The molecule has 1 aromatic carbocycles. The Morgan fingerprint density at radius 2 is 2.07 bits per heavy atom. The molecule has 1 fully saturated rings. The smallest absolute Gasteiger partial charge is 0.428 e. The maximum absolute atomic E-state index is 12.0. The number of aromatic amines is 1. The van der Waals surface area contributed by atoms with E-state index in [4.69, 9.17) is 14.2 Å². The van der Waals surface area contributed by atoms with E-state index < -0.39 is 47.4 Å². The number of nitro benzene ring substituents is 1. The minimum Gasteiger partial charge on any atom is -0.428 e. The molecule has 12 heteroatoms. The first-order valence-electron chi connectivity index (χ1n) is 8.49. The van der Waals surface area contributed by atoms with E-state index in [9.17, 15) is 29.6 Å². The lowest BCUT2D eigenvalue weighted by Crippen LogP contribution is -2.33. The quantitative estimate of drug-likeness (QED) is 0.313. The van der Waals surface area contributed by atoms with Crippen LogP contribution in [-0.4, -0.2) is 44.6 Å². The normalized spacial score (nSPS) is 21.0. The van der Waals surface area contributed by atoms with Crippen LogP contribution in [0, 0.1) is 17.0 Å². The number of nitrogens with zero attached hydrogens (tertiary/aromatic N) is 2. The molecule has 1 aromatic heterocycles. The molecule has 2 heterocycles. The maximum atomic E-state index is 12.0. The number of aromatic nitrogens is 2. The fraction of sp³-hybridized carbons (Fsp3) is 0.353. The molecule has 3 rings (SSSR count). The molecule has 2 N–H and O–H groups in total. The van der Waals surface area contributed by atoms with E-state index in [1.165, 1.54) is 37.4 Å². The molecule has 1 unspecified atom stereocenters. The second-order valence-corrected chi connectivity index (χ2v) is 6.29. The first kappa shape index (κ1) is 20.2. The highest BCUT2D eigenvalue weighted by atomic mass is 16.7. The van der Waals surface area contributed by atoms with Crippen molar-refractivity contribution in [1.82, 2.24) is 9.55 Å². The number of carbonyl (C=O) groups is 1. The number of carbonyl (C=O) groups excluding carboxylic acids is 1. The average Bonchev–Trinajstić information content (AvgIpc) is 3.07. The minimum atomic E-state index is -1.10. The van der Waals surface area contributed by atoms with Gasteiger partial charge in [-0.3, -0.25) is 24.5 Å². The number of hydrogen-bond donors (Lipinski definition) is 2. The van der Waals surface area contributed by atoms with Gasteiger partial charge in [-0.05, 0) is 19.1 Å². The number of ether oxygens (including phenoxy) is 3. The summed E-state index contributed by atoms with van der Waals surface area (Å²) in [4.78, 5) is 47.7. The van der Waals surface area contributed by atoms with Gasteiger partial charge in [-0.25, -0.2) is 9.59 Å². The molecule has 2 aromatic rings. The minimum absolute atomic E-state index is 0.0316. The number of nitro groups is 1. The summed E-state index contributed by atoms with van der Waals surface area (Å²) in [6, 6.07) is 4.80. The number of H-pyrrole nitrogens is 1. The van der Waals surface area contributed by atoms with E-state index in [1.807, 2.05) is 0 Å². The molecule has 12 nitrogen and oxygen atoms in total. The van der Waals surface area contributed by atoms with Crippen LogP contribution >= 0.6 is 0 Å². The van der Waals surface area contributed by atoms with E-state index >= 15 is 0 Å². The molecule has 1 aliphatic heterocycles. The average molecular weight is 407 g/mol. The number of hydrogen-bond acceptors (Lipinski definition) is 9. The molecule has 0 amide bonds. The lowest BCUT2D eigenvalue weighted by Gasteiger charge is -2.16. The molecule has 3 atom stereocenters. The predicted molar refractivity (Wildman–Crippen MR) is 95.7 cm³/mol. The molecule has 154 valence electrons. The topological polar surface area (TPSA) is 163 Å². The third-order valence-electron chi connectivity index (χ3n) is 4.31. The third-order valence-corrected chi connectivity index (χ3v) is 4.31. The van der Waals surface area contributed by atoms with Crippen LogP contribution in [0.4, 0.5) is 10.5 Å². The molecule has 0 aliphatic carbocycles. The van der Waals surface area contributed by atoms with E-state index in [0.717, 1.165) is 4.57 Å². The first-order chi connectivity index (χ1) is 13.8. The van der Waals surface area contributed by atoms with Gasteiger partial charge in [0, 0.05) is 30.3 Å². The van der Waals surface area contributed by atoms with Gasteiger partial charge < -0.3 is 19.3 Å². The summed E-state index contributed by atoms with van der Waals surface area (Å²) in [6.07, 6.45) is -2.45. The van der Waals surface area contributed by atoms with Crippen molar-refractivity contribution in [2.75, 3.05) is 6.61 Å². The Labute approximate surface area is 162 Å². The molecule has 0 spiro atoms. The van der Waals surface area contributed by atoms with Crippen molar-refractivity contribution >= 4 is 11.8 Å². The molecule has 1 saturated heterocycles. The monoisotopic (exact) mass is 407 g/mol.